The van der Waals surface area contributed by atoms with E-state index in [0.29, 0.717) is 0 Å². The van der Waals surface area contributed by atoms with Gasteiger partial charge in [-0.2, -0.15) is 0 Å². The van der Waals surface area contributed by atoms with E-state index in [1.54, 1.807) is 0 Å². The summed E-state index contributed by atoms with van der Waals surface area (Å²) in [6.45, 7) is 2.41. The van der Waals surface area contributed by atoms with Crippen LogP contribution in [0.15, 0.2) is 18.2 Å². The van der Waals surface area contributed by atoms with Gasteiger partial charge in [-0.1, -0.05) is 0 Å². The molecule has 0 radical (unpaired) electrons. The Morgan fingerprint density at radius 3 is 2.00 bits per heavy atom. The molecule has 1 rings (SSSR count). The zero-order valence-corrected chi connectivity index (χ0v) is 10.2. The maximum absolute atomic E-state index is 11.3. The zero-order valence-electron chi connectivity index (χ0n) is 10.2. The maximum atomic E-state index is 11.3. The molecule has 0 saturated heterocycles. The van der Waals surface area contributed by atoms with Crippen LogP contribution in [0.1, 0.15) is 24.2 Å². The Morgan fingerprint density at radius 1 is 0.944 bits per heavy atom. The number of ether oxygens (including phenoxy) is 3. The number of carbonyl (C=O) groups excluding carboxylic acids is 3. The van der Waals surface area contributed by atoms with Crippen molar-refractivity contribution in [2.75, 3.05) is 7.11 Å². The molecule has 0 heterocycles. The van der Waals surface area contributed by atoms with Crippen molar-refractivity contribution < 1.29 is 28.6 Å². The molecule has 96 valence electrons. The standard InChI is InChI=1S/C12H12O6/c1-7(13)17-10-5-4-9(12(15)16-3)6-11(10)18-8(2)14/h4-6H,1-3H3. The second-order valence-corrected chi connectivity index (χ2v) is 3.34. The van der Waals surface area contributed by atoms with E-state index in [9.17, 15) is 14.4 Å². The third-order valence-corrected chi connectivity index (χ3v) is 1.87. The molecule has 0 aliphatic heterocycles. The van der Waals surface area contributed by atoms with Crippen molar-refractivity contribution in [1.82, 2.24) is 0 Å². The van der Waals surface area contributed by atoms with Gasteiger partial charge in [0.05, 0.1) is 12.7 Å². The maximum Gasteiger partial charge on any atom is 0.337 e. The van der Waals surface area contributed by atoms with Crippen LogP contribution >= 0.6 is 0 Å². The van der Waals surface area contributed by atoms with Crippen molar-refractivity contribution >= 4 is 17.9 Å². The monoisotopic (exact) mass is 252 g/mol. The number of benzene rings is 1. The van der Waals surface area contributed by atoms with Crippen LogP contribution in [0.4, 0.5) is 0 Å². The highest BCUT2D eigenvalue weighted by Crippen LogP contribution is 2.29. The molecule has 0 aliphatic carbocycles. The lowest BCUT2D eigenvalue weighted by Crippen LogP contribution is -2.09. The van der Waals surface area contributed by atoms with Gasteiger partial charge in [-0.3, -0.25) is 9.59 Å². The van der Waals surface area contributed by atoms with Gasteiger partial charge in [-0.25, -0.2) is 4.79 Å². The summed E-state index contributed by atoms with van der Waals surface area (Å²) in [5, 5.41) is 0. The number of carbonyl (C=O) groups is 3. The molecule has 0 amide bonds. The summed E-state index contributed by atoms with van der Waals surface area (Å²) >= 11 is 0. The van der Waals surface area contributed by atoms with Gasteiger partial charge in [0.25, 0.3) is 0 Å². The SMILES string of the molecule is COC(=O)c1ccc(OC(C)=O)c(OC(C)=O)c1. The van der Waals surface area contributed by atoms with Crippen molar-refractivity contribution in [1.29, 1.82) is 0 Å². The quantitative estimate of drug-likeness (QED) is 0.596. The van der Waals surface area contributed by atoms with Crippen LogP contribution in [-0.2, 0) is 14.3 Å². The minimum absolute atomic E-state index is 0.0133. The summed E-state index contributed by atoms with van der Waals surface area (Å²) in [5.41, 5.74) is 0.185. The molecule has 0 saturated carbocycles. The average Bonchev–Trinajstić information content (AvgIpc) is 2.29. The molecule has 1 aromatic rings. The summed E-state index contributed by atoms with van der Waals surface area (Å²) < 4.78 is 14.2. The molecule has 6 nitrogen and oxygen atoms in total. The number of hydrogen-bond acceptors (Lipinski definition) is 6. The molecular formula is C12H12O6. The van der Waals surface area contributed by atoms with E-state index in [-0.39, 0.29) is 17.1 Å². The molecule has 0 atom stereocenters. The van der Waals surface area contributed by atoms with Crippen molar-refractivity contribution in [3.63, 3.8) is 0 Å². The van der Waals surface area contributed by atoms with E-state index in [0.717, 1.165) is 0 Å². The Kier molecular flexibility index (Phi) is 4.42. The summed E-state index contributed by atoms with van der Waals surface area (Å²) in [5.74, 6) is -1.69. The van der Waals surface area contributed by atoms with Gasteiger partial charge < -0.3 is 14.2 Å². The highest BCUT2D eigenvalue weighted by atomic mass is 16.6. The largest absolute Gasteiger partial charge is 0.465 e. The zero-order chi connectivity index (χ0) is 13.7. The van der Waals surface area contributed by atoms with E-state index in [4.69, 9.17) is 9.47 Å². The first-order valence-corrected chi connectivity index (χ1v) is 5.03. The first kappa shape index (κ1) is 13.7. The van der Waals surface area contributed by atoms with E-state index >= 15 is 0 Å². The third kappa shape index (κ3) is 3.58. The van der Waals surface area contributed by atoms with Gasteiger partial charge in [0.15, 0.2) is 11.5 Å². The van der Waals surface area contributed by atoms with E-state index in [1.165, 1.54) is 39.2 Å². The van der Waals surface area contributed by atoms with Gasteiger partial charge in [0.2, 0.25) is 0 Å². The Labute approximate surface area is 103 Å². The van der Waals surface area contributed by atoms with Crippen LogP contribution in [0.2, 0.25) is 0 Å². The van der Waals surface area contributed by atoms with Gasteiger partial charge in [-0.15, -0.1) is 0 Å². The number of hydrogen-bond donors (Lipinski definition) is 0. The molecule has 0 aromatic heterocycles. The van der Waals surface area contributed by atoms with Gasteiger partial charge >= 0.3 is 17.9 Å². The summed E-state index contributed by atoms with van der Waals surface area (Å²) in [6.07, 6.45) is 0. The second kappa shape index (κ2) is 5.81. The van der Waals surface area contributed by atoms with Gasteiger partial charge in [0, 0.05) is 13.8 Å². The normalized spacial score (nSPS) is 9.50. The minimum atomic E-state index is -0.592. The number of methoxy groups -OCH3 is 1. The Bertz CT molecular complexity index is 491. The predicted octanol–water partition coefficient (Wildman–Crippen LogP) is 1.32. The Morgan fingerprint density at radius 2 is 1.50 bits per heavy atom. The number of esters is 3. The van der Waals surface area contributed by atoms with Crippen LogP contribution in [0.5, 0.6) is 11.5 Å². The first-order valence-electron chi connectivity index (χ1n) is 5.03. The van der Waals surface area contributed by atoms with Crippen LogP contribution in [-0.4, -0.2) is 25.0 Å². The summed E-state index contributed by atoms with van der Waals surface area (Å²) in [4.78, 5) is 33.1. The summed E-state index contributed by atoms with van der Waals surface area (Å²) in [6, 6.07) is 4.02. The van der Waals surface area contributed by atoms with Crippen LogP contribution < -0.4 is 9.47 Å². The highest BCUT2D eigenvalue weighted by Gasteiger charge is 2.14. The van der Waals surface area contributed by atoms with Crippen molar-refractivity contribution in [3.8, 4) is 11.5 Å². The topological polar surface area (TPSA) is 78.9 Å². The fraction of sp³-hybridized carbons (Fsp3) is 0.250. The second-order valence-electron chi connectivity index (χ2n) is 3.34. The van der Waals surface area contributed by atoms with E-state index in [1.807, 2.05) is 0 Å². The lowest BCUT2D eigenvalue weighted by molar-refractivity contribution is -0.134. The minimum Gasteiger partial charge on any atom is -0.465 e. The molecule has 0 bridgehead atoms. The Hall–Kier alpha value is -2.37. The predicted molar refractivity (Wildman–Crippen MR) is 60.4 cm³/mol. The molecule has 0 N–H and O–H groups in total. The van der Waals surface area contributed by atoms with E-state index < -0.39 is 17.9 Å². The van der Waals surface area contributed by atoms with Crippen LogP contribution in [0, 0.1) is 0 Å². The van der Waals surface area contributed by atoms with Gasteiger partial charge in [0.1, 0.15) is 0 Å². The highest BCUT2D eigenvalue weighted by molar-refractivity contribution is 5.90. The van der Waals surface area contributed by atoms with Crippen LogP contribution in [0.3, 0.4) is 0 Å². The van der Waals surface area contributed by atoms with Crippen molar-refractivity contribution in [3.05, 3.63) is 23.8 Å². The smallest absolute Gasteiger partial charge is 0.337 e. The fourth-order valence-corrected chi connectivity index (χ4v) is 1.23. The lowest BCUT2D eigenvalue weighted by Gasteiger charge is -2.09. The Balaban J connectivity index is 3.15. The van der Waals surface area contributed by atoms with Crippen molar-refractivity contribution in [2.45, 2.75) is 13.8 Å². The molecule has 6 heteroatoms. The molecular weight excluding hydrogens is 240 g/mol. The molecule has 18 heavy (non-hydrogen) atoms. The molecule has 0 spiro atoms. The average molecular weight is 252 g/mol. The fourth-order valence-electron chi connectivity index (χ4n) is 1.23. The van der Waals surface area contributed by atoms with Crippen LogP contribution in [0.25, 0.3) is 0 Å². The first-order chi connectivity index (χ1) is 8.43. The van der Waals surface area contributed by atoms with E-state index in [2.05, 4.69) is 4.74 Å². The molecule has 0 aliphatic rings. The number of rotatable bonds is 3. The van der Waals surface area contributed by atoms with Gasteiger partial charge in [-0.05, 0) is 18.2 Å². The lowest BCUT2D eigenvalue weighted by atomic mass is 10.2. The summed E-state index contributed by atoms with van der Waals surface area (Å²) in [7, 11) is 1.23. The molecule has 0 fully saturated rings. The third-order valence-electron chi connectivity index (χ3n) is 1.87. The molecule has 1 aromatic carbocycles. The molecule has 0 unspecified atom stereocenters. The van der Waals surface area contributed by atoms with Crippen molar-refractivity contribution in [2.24, 2.45) is 0 Å².